The van der Waals surface area contributed by atoms with Crippen molar-refractivity contribution < 1.29 is 14.7 Å². The number of ketones is 1. The van der Waals surface area contributed by atoms with E-state index >= 15 is 0 Å². The molecule has 0 aliphatic carbocycles. The lowest BCUT2D eigenvalue weighted by atomic mass is 9.85. The van der Waals surface area contributed by atoms with E-state index in [0.29, 0.717) is 10.0 Å². The quantitative estimate of drug-likeness (QED) is 0.323. The number of carbonyl (C=O) groups excluding carboxylic acids is 2. The van der Waals surface area contributed by atoms with Crippen molar-refractivity contribution in [3.8, 4) is 0 Å². The lowest BCUT2D eigenvalue weighted by Gasteiger charge is -2.25. The maximum atomic E-state index is 13.5. The number of aliphatic hydroxyl groups is 1. The average Bonchev–Trinajstić information content (AvgIpc) is 3.52. The molecule has 0 radical (unpaired) electrons. The van der Waals surface area contributed by atoms with Gasteiger partial charge in [-0.05, 0) is 52.6 Å². The van der Waals surface area contributed by atoms with Crippen LogP contribution in [0.3, 0.4) is 0 Å². The molecule has 0 bridgehead atoms. The smallest absolute Gasteiger partial charge is 0.296 e. The zero-order valence-corrected chi connectivity index (χ0v) is 21.0. The molecule has 1 aliphatic rings. The molecule has 4 aromatic rings. The van der Waals surface area contributed by atoms with Crippen LogP contribution in [0.4, 0.5) is 5.13 Å². The van der Waals surface area contributed by atoms with Crippen molar-refractivity contribution in [2.24, 2.45) is 0 Å². The molecule has 5 rings (SSSR count). The molecule has 0 unspecified atom stereocenters. The Labute approximate surface area is 206 Å². The minimum absolute atomic E-state index is 0.0395. The fourth-order valence-corrected chi connectivity index (χ4v) is 5.95. The van der Waals surface area contributed by atoms with Gasteiger partial charge in [0.05, 0.1) is 26.7 Å². The number of Topliss-reactive ketones (excluding diaryl/α,β-unsaturated/α-hetero) is 1. The minimum atomic E-state index is -0.766. The number of aliphatic hydroxyl groups excluding tert-OH is 1. The third kappa shape index (κ3) is 3.75. The summed E-state index contributed by atoms with van der Waals surface area (Å²) in [5.74, 6) is -1.47. The number of amides is 1. The van der Waals surface area contributed by atoms with Gasteiger partial charge in [-0.3, -0.25) is 14.5 Å². The summed E-state index contributed by atoms with van der Waals surface area (Å²) in [5.41, 5.74) is 3.81. The Bertz CT molecular complexity index is 1440. The number of hydrogen-bond acceptors (Lipinski definition) is 6. The highest BCUT2D eigenvalue weighted by Crippen LogP contribution is 2.44. The predicted molar refractivity (Wildman–Crippen MR) is 138 cm³/mol. The first kappa shape index (κ1) is 22.5. The second kappa shape index (κ2) is 8.18. The van der Waals surface area contributed by atoms with Gasteiger partial charge in [0.2, 0.25) is 5.78 Å². The number of nitrogens with zero attached hydrogens (tertiary/aromatic N) is 2. The van der Waals surface area contributed by atoms with E-state index in [1.165, 1.54) is 27.6 Å². The summed E-state index contributed by atoms with van der Waals surface area (Å²) in [7, 11) is 0. The summed E-state index contributed by atoms with van der Waals surface area (Å²) in [6.45, 7) is 8.40. The Balaban J connectivity index is 1.67. The monoisotopic (exact) mass is 488 g/mol. The molecule has 1 aliphatic heterocycles. The average molecular weight is 489 g/mol. The van der Waals surface area contributed by atoms with Crippen molar-refractivity contribution in [3.05, 3.63) is 92.9 Å². The Morgan fingerprint density at radius 2 is 1.82 bits per heavy atom. The number of anilines is 1. The fourth-order valence-electron chi connectivity index (χ4n) is 4.18. The zero-order chi connectivity index (χ0) is 24.2. The molecule has 5 nitrogen and oxygen atoms in total. The Morgan fingerprint density at radius 1 is 1.09 bits per heavy atom. The highest BCUT2D eigenvalue weighted by Gasteiger charge is 2.46. The maximum absolute atomic E-state index is 13.5. The maximum Gasteiger partial charge on any atom is 0.296 e. The fraction of sp³-hybridized carbons (Fsp3) is 0.222. The minimum Gasteiger partial charge on any atom is -0.503 e. The molecule has 0 saturated carbocycles. The van der Waals surface area contributed by atoms with E-state index in [9.17, 15) is 14.7 Å². The molecule has 2 aromatic heterocycles. The van der Waals surface area contributed by atoms with Crippen LogP contribution < -0.4 is 4.90 Å². The highest BCUT2D eigenvalue weighted by atomic mass is 32.1. The van der Waals surface area contributed by atoms with Gasteiger partial charge in [0.15, 0.2) is 10.9 Å². The first-order chi connectivity index (χ1) is 16.1. The van der Waals surface area contributed by atoms with Gasteiger partial charge in [-0.15, -0.1) is 11.3 Å². The van der Waals surface area contributed by atoms with Gasteiger partial charge in [-0.1, -0.05) is 68.5 Å². The van der Waals surface area contributed by atoms with Crippen LogP contribution in [0.2, 0.25) is 0 Å². The number of thiazole rings is 1. The van der Waals surface area contributed by atoms with Crippen molar-refractivity contribution in [1.29, 1.82) is 0 Å². The molecule has 7 heteroatoms. The van der Waals surface area contributed by atoms with Crippen LogP contribution in [0.1, 0.15) is 53.2 Å². The summed E-state index contributed by atoms with van der Waals surface area (Å²) in [6.07, 6.45) is 0. The third-order valence-electron chi connectivity index (χ3n) is 6.03. The van der Waals surface area contributed by atoms with E-state index in [1.807, 2.05) is 54.8 Å². The number of aryl methyl sites for hydroxylation is 1. The molecule has 1 atom stereocenters. The number of rotatable bonds is 4. The SMILES string of the molecule is Cc1ccc2nc(N3C(=O)C(O)=C(C(=O)c4cccs4)[C@H]3c3ccc(C(C)(C)C)cc3)sc2c1. The lowest BCUT2D eigenvalue weighted by Crippen LogP contribution is -2.31. The van der Waals surface area contributed by atoms with Crippen LogP contribution in [0.5, 0.6) is 0 Å². The Kier molecular flexibility index (Phi) is 5.41. The topological polar surface area (TPSA) is 70.5 Å². The molecule has 0 fully saturated rings. The number of thiophene rings is 1. The highest BCUT2D eigenvalue weighted by molar-refractivity contribution is 7.22. The number of carbonyl (C=O) groups is 2. The van der Waals surface area contributed by atoms with Crippen LogP contribution in [0, 0.1) is 6.92 Å². The van der Waals surface area contributed by atoms with Crippen LogP contribution in [0.25, 0.3) is 10.2 Å². The largest absolute Gasteiger partial charge is 0.503 e. The second-order valence-electron chi connectivity index (χ2n) is 9.49. The molecule has 0 spiro atoms. The molecule has 1 amide bonds. The van der Waals surface area contributed by atoms with Crippen molar-refractivity contribution in [1.82, 2.24) is 4.98 Å². The van der Waals surface area contributed by atoms with Gasteiger partial charge in [-0.25, -0.2) is 4.98 Å². The molecule has 34 heavy (non-hydrogen) atoms. The molecule has 3 heterocycles. The van der Waals surface area contributed by atoms with Crippen molar-refractivity contribution in [3.63, 3.8) is 0 Å². The molecule has 1 N–H and O–H groups in total. The van der Waals surface area contributed by atoms with Crippen LogP contribution in [0.15, 0.2) is 71.3 Å². The standard InChI is InChI=1S/C27H24N2O3S2/c1-15-7-12-18-20(14-15)34-26(28-18)29-22(16-8-10-17(11-9-16)27(2,3)4)21(24(31)25(29)32)23(30)19-6-5-13-33-19/h5-14,22,31H,1-4H3/t22-/m1/s1. The second-order valence-corrected chi connectivity index (χ2v) is 11.4. The number of fused-ring (bicyclic) bond motifs is 1. The number of aromatic nitrogens is 1. The van der Waals surface area contributed by atoms with Crippen molar-refractivity contribution >= 4 is 49.7 Å². The first-order valence-corrected chi connectivity index (χ1v) is 12.7. The summed E-state index contributed by atoms with van der Waals surface area (Å²) in [5, 5.41) is 13.2. The van der Waals surface area contributed by atoms with Gasteiger partial charge in [-0.2, -0.15) is 0 Å². The van der Waals surface area contributed by atoms with Gasteiger partial charge >= 0.3 is 0 Å². The van der Waals surface area contributed by atoms with Gasteiger partial charge < -0.3 is 5.11 Å². The van der Waals surface area contributed by atoms with Crippen LogP contribution in [-0.4, -0.2) is 21.8 Å². The molecule has 0 saturated heterocycles. The van der Waals surface area contributed by atoms with E-state index in [1.54, 1.807) is 12.1 Å². The summed E-state index contributed by atoms with van der Waals surface area (Å²) in [4.78, 5) is 33.5. The van der Waals surface area contributed by atoms with E-state index in [4.69, 9.17) is 0 Å². The molecule has 2 aromatic carbocycles. The Morgan fingerprint density at radius 3 is 2.47 bits per heavy atom. The van der Waals surface area contributed by atoms with Crippen molar-refractivity contribution in [2.45, 2.75) is 39.2 Å². The summed E-state index contributed by atoms with van der Waals surface area (Å²) < 4.78 is 0.946. The van der Waals surface area contributed by atoms with Crippen LogP contribution >= 0.6 is 22.7 Å². The first-order valence-electron chi connectivity index (χ1n) is 11.0. The van der Waals surface area contributed by atoms with Gasteiger partial charge in [0.1, 0.15) is 0 Å². The van der Waals surface area contributed by atoms with Crippen LogP contribution in [-0.2, 0) is 10.2 Å². The molecular formula is C27H24N2O3S2. The zero-order valence-electron chi connectivity index (χ0n) is 19.3. The predicted octanol–water partition coefficient (Wildman–Crippen LogP) is 6.75. The van der Waals surface area contributed by atoms with Gasteiger partial charge in [0.25, 0.3) is 5.91 Å². The van der Waals surface area contributed by atoms with E-state index < -0.39 is 17.7 Å². The van der Waals surface area contributed by atoms with E-state index in [2.05, 4.69) is 25.8 Å². The number of hydrogen-bond donors (Lipinski definition) is 1. The Hall–Kier alpha value is -3.29. The van der Waals surface area contributed by atoms with E-state index in [0.717, 1.165) is 26.9 Å². The van der Waals surface area contributed by atoms with Gasteiger partial charge in [0, 0.05) is 0 Å². The molecule has 172 valence electrons. The number of benzene rings is 2. The molecular weight excluding hydrogens is 464 g/mol. The summed E-state index contributed by atoms with van der Waals surface area (Å²) in [6, 6.07) is 16.5. The normalized spacial score (nSPS) is 16.6. The summed E-state index contributed by atoms with van der Waals surface area (Å²) >= 11 is 2.67. The third-order valence-corrected chi connectivity index (χ3v) is 7.91. The van der Waals surface area contributed by atoms with E-state index in [-0.39, 0.29) is 16.8 Å². The van der Waals surface area contributed by atoms with Crippen molar-refractivity contribution in [2.75, 3.05) is 4.90 Å². The lowest BCUT2D eigenvalue weighted by molar-refractivity contribution is -0.117.